The minimum atomic E-state index is -7.91. The summed E-state index contributed by atoms with van der Waals surface area (Å²) in [6, 6.07) is 2.99. The van der Waals surface area contributed by atoms with E-state index in [1.807, 2.05) is 0 Å². The summed E-state index contributed by atoms with van der Waals surface area (Å²) in [4.78, 5) is 0. The van der Waals surface area contributed by atoms with Gasteiger partial charge in [-0.25, -0.2) is 0 Å². The van der Waals surface area contributed by atoms with Crippen molar-refractivity contribution in [1.82, 2.24) is 0 Å². The Balaban J connectivity index is 0. The summed E-state index contributed by atoms with van der Waals surface area (Å²) in [7, 11) is -7.91. The van der Waals surface area contributed by atoms with Gasteiger partial charge in [-0.1, -0.05) is 0 Å². The van der Waals surface area contributed by atoms with E-state index in [4.69, 9.17) is 0 Å². The summed E-state index contributed by atoms with van der Waals surface area (Å²) < 4.78 is 60.2. The standard InChI is InChI=1S/C6H4F5P.2ClH/c7-5-3-1-2-4-6(5)12(8,9,10)11;;/h1-4H;2*1H. The molecule has 1 aromatic carbocycles. The van der Waals surface area contributed by atoms with Crippen molar-refractivity contribution in [3.63, 3.8) is 0 Å². The van der Waals surface area contributed by atoms with Crippen LogP contribution in [0, 0.1) is 5.82 Å². The SMILES string of the molecule is Cl.Cl.Fc1ccccc1P(F)(F)(F)F. The number of rotatable bonds is 1. The van der Waals surface area contributed by atoms with Gasteiger partial charge in [0.2, 0.25) is 0 Å². The molecule has 0 nitrogen and oxygen atoms in total. The predicted octanol–water partition coefficient (Wildman–Crippen LogP) is 4.39. The van der Waals surface area contributed by atoms with Crippen LogP contribution in [0.1, 0.15) is 0 Å². The van der Waals surface area contributed by atoms with Crippen LogP contribution in [0.5, 0.6) is 0 Å². The van der Waals surface area contributed by atoms with Gasteiger partial charge in [0.15, 0.2) is 0 Å². The molecule has 0 saturated heterocycles. The minimum absolute atomic E-state index is 0. The fourth-order valence-corrected chi connectivity index (χ4v) is 1.43. The fraction of sp³-hybridized carbons (Fsp3) is 0. The molecule has 0 radical (unpaired) electrons. The second-order valence-corrected chi connectivity index (χ2v) is 4.10. The van der Waals surface area contributed by atoms with Crippen LogP contribution in [0.2, 0.25) is 0 Å². The second-order valence-electron chi connectivity index (χ2n) is 2.17. The van der Waals surface area contributed by atoms with E-state index in [2.05, 4.69) is 0 Å². The van der Waals surface area contributed by atoms with Crippen LogP contribution in [0.4, 0.5) is 21.2 Å². The van der Waals surface area contributed by atoms with Gasteiger partial charge in [-0.2, -0.15) is 0 Å². The van der Waals surface area contributed by atoms with E-state index in [0.717, 1.165) is 12.1 Å². The molecule has 0 saturated carbocycles. The predicted molar refractivity (Wildman–Crippen MR) is 51.9 cm³/mol. The van der Waals surface area contributed by atoms with Crippen LogP contribution < -0.4 is 5.30 Å². The molecule has 0 bridgehead atoms. The van der Waals surface area contributed by atoms with Crippen molar-refractivity contribution in [3.8, 4) is 0 Å². The molecule has 0 N–H and O–H groups in total. The van der Waals surface area contributed by atoms with Gasteiger partial charge in [0.25, 0.3) is 0 Å². The Morgan fingerprint density at radius 3 is 1.57 bits per heavy atom. The Kier molecular flexibility index (Phi) is 5.36. The summed E-state index contributed by atoms with van der Waals surface area (Å²) >= 11 is 0. The zero-order valence-corrected chi connectivity index (χ0v) is 8.99. The van der Waals surface area contributed by atoms with Crippen LogP contribution in [-0.2, 0) is 0 Å². The quantitative estimate of drug-likeness (QED) is 0.526. The van der Waals surface area contributed by atoms with Crippen molar-refractivity contribution in [2.45, 2.75) is 0 Å². The first-order valence-electron chi connectivity index (χ1n) is 2.92. The van der Waals surface area contributed by atoms with Crippen molar-refractivity contribution in [1.29, 1.82) is 0 Å². The molecule has 8 heteroatoms. The average molecular weight is 275 g/mol. The molecule has 0 amide bonds. The second kappa shape index (κ2) is 4.60. The topological polar surface area (TPSA) is 0 Å². The van der Waals surface area contributed by atoms with Gasteiger partial charge in [-0.05, 0) is 0 Å². The van der Waals surface area contributed by atoms with Gasteiger partial charge >= 0.3 is 64.4 Å². The van der Waals surface area contributed by atoms with Crippen LogP contribution in [0.3, 0.4) is 0 Å². The maximum absolute atomic E-state index is 12.4. The van der Waals surface area contributed by atoms with Crippen molar-refractivity contribution >= 4 is 38.0 Å². The third kappa shape index (κ3) is 3.95. The van der Waals surface area contributed by atoms with Gasteiger partial charge in [0.1, 0.15) is 0 Å². The number of benzene rings is 1. The monoisotopic (exact) mass is 274 g/mol. The van der Waals surface area contributed by atoms with Crippen LogP contribution in [0.15, 0.2) is 24.3 Å². The van der Waals surface area contributed by atoms with Gasteiger partial charge in [0, 0.05) is 0 Å². The van der Waals surface area contributed by atoms with E-state index in [9.17, 15) is 21.2 Å². The van der Waals surface area contributed by atoms with Gasteiger partial charge < -0.3 is 0 Å². The van der Waals surface area contributed by atoms with E-state index >= 15 is 0 Å². The zero-order valence-electron chi connectivity index (χ0n) is 6.46. The van der Waals surface area contributed by atoms with Crippen LogP contribution in [-0.4, -0.2) is 0 Å². The Morgan fingerprint density at radius 1 is 0.857 bits per heavy atom. The number of halogens is 7. The zero-order chi connectivity index (χ0) is 9.43. The molecular weight excluding hydrogens is 269 g/mol. The van der Waals surface area contributed by atoms with Crippen molar-refractivity contribution in [2.24, 2.45) is 0 Å². The Bertz CT molecular complexity index is 301. The first kappa shape index (κ1) is 16.3. The summed E-state index contributed by atoms with van der Waals surface area (Å²) in [5, 5.41) is -1.77. The normalized spacial score (nSPS) is 13.1. The van der Waals surface area contributed by atoms with Crippen molar-refractivity contribution in [2.75, 3.05) is 0 Å². The van der Waals surface area contributed by atoms with E-state index in [1.165, 1.54) is 0 Å². The first-order chi connectivity index (χ1) is 5.27. The van der Waals surface area contributed by atoms with Crippen molar-refractivity contribution < 1.29 is 21.2 Å². The summed E-state index contributed by atoms with van der Waals surface area (Å²) in [6.45, 7) is 0. The van der Waals surface area contributed by atoms with Crippen molar-refractivity contribution in [3.05, 3.63) is 30.1 Å². The first-order valence-corrected chi connectivity index (χ1v) is 4.72. The van der Waals surface area contributed by atoms with Gasteiger partial charge in [0.05, 0.1) is 0 Å². The molecule has 1 aromatic rings. The molecule has 0 heterocycles. The van der Waals surface area contributed by atoms with Gasteiger partial charge in [-0.15, -0.1) is 24.8 Å². The molecule has 0 unspecified atom stereocenters. The number of hydrogen-bond acceptors (Lipinski definition) is 0. The molecule has 84 valence electrons. The van der Waals surface area contributed by atoms with E-state index in [0.29, 0.717) is 12.1 Å². The Morgan fingerprint density at radius 2 is 1.29 bits per heavy atom. The Labute approximate surface area is 89.7 Å². The van der Waals surface area contributed by atoms with Gasteiger partial charge in [-0.3, -0.25) is 0 Å². The third-order valence-electron chi connectivity index (χ3n) is 1.22. The molecule has 14 heavy (non-hydrogen) atoms. The summed E-state index contributed by atoms with van der Waals surface area (Å²) in [5.74, 6) is -1.56. The molecule has 0 aromatic heterocycles. The van der Waals surface area contributed by atoms with E-state index in [-0.39, 0.29) is 24.8 Å². The molecule has 0 atom stereocenters. The summed E-state index contributed by atoms with van der Waals surface area (Å²) in [5.41, 5.74) is 0. The van der Waals surface area contributed by atoms with Crippen LogP contribution in [0.25, 0.3) is 0 Å². The molecule has 0 fully saturated rings. The van der Waals surface area contributed by atoms with E-state index in [1.54, 1.807) is 0 Å². The third-order valence-corrected chi connectivity index (χ3v) is 2.31. The molecule has 0 aliphatic heterocycles. The summed E-state index contributed by atoms with van der Waals surface area (Å²) in [6.07, 6.45) is 0. The van der Waals surface area contributed by atoms with Crippen LogP contribution >= 0.6 is 32.7 Å². The average Bonchev–Trinajstić information content (AvgIpc) is 1.84. The molecular formula is C6H6Cl2F5P. The molecule has 1 rings (SSSR count). The Hall–Kier alpha value is -0.120. The molecule has 0 aliphatic rings. The number of hydrogen-bond donors (Lipinski definition) is 0. The van der Waals surface area contributed by atoms with E-state index < -0.39 is 19.0 Å². The molecule has 0 spiro atoms. The maximum atomic E-state index is 12.4. The molecule has 0 aliphatic carbocycles. The fourth-order valence-electron chi connectivity index (χ4n) is 0.726.